The van der Waals surface area contributed by atoms with Crippen LogP contribution in [0.1, 0.15) is 23.8 Å². The van der Waals surface area contributed by atoms with E-state index in [0.717, 1.165) is 42.2 Å². The van der Waals surface area contributed by atoms with Crippen LogP contribution in [0.3, 0.4) is 0 Å². The molecule has 1 aromatic carbocycles. The van der Waals surface area contributed by atoms with Gasteiger partial charge in [-0.3, -0.25) is 0 Å². The number of hydrogen-bond donors (Lipinski definition) is 0. The first kappa shape index (κ1) is 15.7. The third-order valence-corrected chi connectivity index (χ3v) is 6.19. The molecule has 0 atom stereocenters. The fraction of sp³-hybridized carbons (Fsp3) is 0.444. The lowest BCUT2D eigenvalue weighted by Crippen LogP contribution is -2.46. The van der Waals surface area contributed by atoms with Gasteiger partial charge in [-0.25, -0.2) is 9.97 Å². The molecule has 26 heavy (non-hydrogen) atoms. The van der Waals surface area contributed by atoms with Gasteiger partial charge in [0.15, 0.2) is 0 Å². The van der Waals surface area contributed by atoms with Gasteiger partial charge in [-0.1, -0.05) is 11.3 Å². The number of aromatic nitrogens is 4. The van der Waals surface area contributed by atoms with E-state index in [4.69, 9.17) is 4.74 Å². The molecule has 7 nitrogen and oxygen atoms in total. The maximum absolute atomic E-state index is 5.38. The van der Waals surface area contributed by atoms with Gasteiger partial charge in [0.25, 0.3) is 0 Å². The molecule has 0 amide bonds. The zero-order valence-corrected chi connectivity index (χ0v) is 15.4. The summed E-state index contributed by atoms with van der Waals surface area (Å²) in [7, 11) is 1.64. The van der Waals surface area contributed by atoms with Crippen LogP contribution in [0.15, 0.2) is 24.5 Å². The molecule has 0 radical (unpaired) electrons. The quantitative estimate of drug-likeness (QED) is 0.701. The summed E-state index contributed by atoms with van der Waals surface area (Å²) < 4.78 is 5.38. The minimum absolute atomic E-state index is 0.622. The van der Waals surface area contributed by atoms with Crippen molar-refractivity contribution >= 4 is 33.1 Å². The van der Waals surface area contributed by atoms with E-state index in [1.807, 2.05) is 6.07 Å². The minimum atomic E-state index is 0.622. The number of hydrogen-bond acceptors (Lipinski definition) is 8. The maximum Gasteiger partial charge on any atom is 0.224 e. The van der Waals surface area contributed by atoms with Crippen LogP contribution in [-0.4, -0.2) is 53.5 Å². The van der Waals surface area contributed by atoms with Crippen LogP contribution in [0.4, 0.5) is 10.8 Å². The maximum atomic E-state index is 5.38. The number of methoxy groups -OCH3 is 1. The van der Waals surface area contributed by atoms with Gasteiger partial charge >= 0.3 is 0 Å². The largest absolute Gasteiger partial charge is 0.480 e. The highest BCUT2D eigenvalue weighted by atomic mass is 32.1. The predicted molar refractivity (Wildman–Crippen MR) is 102 cm³/mol. The predicted octanol–water partition coefficient (Wildman–Crippen LogP) is 2.69. The van der Waals surface area contributed by atoms with Crippen LogP contribution < -0.4 is 14.5 Å². The summed E-state index contributed by atoms with van der Waals surface area (Å²) >= 11 is 1.77. The number of fused-ring (bicyclic) bond motifs is 1. The van der Waals surface area contributed by atoms with Gasteiger partial charge in [-0.2, -0.15) is 0 Å². The van der Waals surface area contributed by atoms with Crippen molar-refractivity contribution in [2.24, 2.45) is 0 Å². The molecular formula is C18H20N6OS. The van der Waals surface area contributed by atoms with Crippen LogP contribution in [0, 0.1) is 0 Å². The third kappa shape index (κ3) is 2.84. The molecule has 0 bridgehead atoms. The van der Waals surface area contributed by atoms with E-state index in [9.17, 15) is 0 Å². The summed E-state index contributed by atoms with van der Waals surface area (Å²) in [6.45, 7) is 3.83. The molecule has 3 aromatic rings. The van der Waals surface area contributed by atoms with Gasteiger partial charge < -0.3 is 14.5 Å². The Bertz CT molecular complexity index is 932. The van der Waals surface area contributed by atoms with Crippen LogP contribution in [-0.2, 0) is 0 Å². The van der Waals surface area contributed by atoms with Crippen molar-refractivity contribution in [2.45, 2.75) is 18.8 Å². The van der Waals surface area contributed by atoms with E-state index in [1.54, 1.807) is 18.4 Å². The van der Waals surface area contributed by atoms with E-state index in [0.29, 0.717) is 11.8 Å². The smallest absolute Gasteiger partial charge is 0.224 e. The fourth-order valence-electron chi connectivity index (χ4n) is 3.39. The van der Waals surface area contributed by atoms with Crippen molar-refractivity contribution in [3.63, 3.8) is 0 Å². The first-order valence-electron chi connectivity index (χ1n) is 8.94. The molecule has 2 aromatic heterocycles. The number of anilines is 2. The topological polar surface area (TPSA) is 67.3 Å². The average molecular weight is 368 g/mol. The summed E-state index contributed by atoms with van der Waals surface area (Å²) in [6, 6.07) is 6.29. The van der Waals surface area contributed by atoms with Crippen molar-refractivity contribution in [3.05, 3.63) is 29.5 Å². The summed E-state index contributed by atoms with van der Waals surface area (Å²) in [4.78, 5) is 13.3. The van der Waals surface area contributed by atoms with Gasteiger partial charge in [0.1, 0.15) is 11.3 Å². The Morgan fingerprint density at radius 1 is 1.04 bits per heavy atom. The lowest BCUT2D eigenvalue weighted by Gasteiger charge is -2.35. The zero-order valence-electron chi connectivity index (χ0n) is 14.6. The summed E-state index contributed by atoms with van der Waals surface area (Å²) in [5.74, 6) is 1.30. The standard InChI is InChI=1S/C18H20N6OS/c1-25-16-14-10-13(4-5-15(14)19-11-20-16)23-6-8-24(9-7-23)18-22-21-17(26-18)12-2-3-12/h4-5,10-12H,2-3,6-9H2,1H3. The molecule has 1 aliphatic carbocycles. The molecular weight excluding hydrogens is 348 g/mol. The number of rotatable bonds is 4. The molecule has 2 aliphatic rings. The Hall–Kier alpha value is -2.48. The van der Waals surface area contributed by atoms with Crippen molar-refractivity contribution < 1.29 is 4.74 Å². The van der Waals surface area contributed by atoms with Gasteiger partial charge in [-0.05, 0) is 31.0 Å². The molecule has 5 rings (SSSR count). The molecule has 8 heteroatoms. The molecule has 1 aliphatic heterocycles. The minimum Gasteiger partial charge on any atom is -0.480 e. The number of benzene rings is 1. The molecule has 0 N–H and O–H groups in total. The van der Waals surface area contributed by atoms with Crippen LogP contribution in [0.2, 0.25) is 0 Å². The highest BCUT2D eigenvalue weighted by Gasteiger charge is 2.29. The first-order chi connectivity index (χ1) is 12.8. The molecule has 0 spiro atoms. The van der Waals surface area contributed by atoms with Crippen molar-refractivity contribution in [3.8, 4) is 5.88 Å². The molecule has 1 saturated heterocycles. The SMILES string of the molecule is COc1ncnc2ccc(N3CCN(c4nnc(C5CC5)s4)CC3)cc12. The molecule has 3 heterocycles. The average Bonchev–Trinajstić information content (AvgIpc) is 3.44. The van der Waals surface area contributed by atoms with Gasteiger partial charge in [0.05, 0.1) is 18.0 Å². The van der Waals surface area contributed by atoms with Crippen molar-refractivity contribution in [1.82, 2.24) is 20.2 Å². The van der Waals surface area contributed by atoms with Crippen LogP contribution >= 0.6 is 11.3 Å². The highest BCUT2D eigenvalue weighted by molar-refractivity contribution is 7.15. The fourth-order valence-corrected chi connectivity index (χ4v) is 4.45. The monoisotopic (exact) mass is 368 g/mol. The third-order valence-electron chi connectivity index (χ3n) is 5.05. The van der Waals surface area contributed by atoms with E-state index in [-0.39, 0.29) is 0 Å². The molecule has 134 valence electrons. The van der Waals surface area contributed by atoms with Crippen molar-refractivity contribution in [2.75, 3.05) is 43.1 Å². The Morgan fingerprint density at radius 3 is 2.62 bits per heavy atom. The van der Waals surface area contributed by atoms with Gasteiger partial charge in [0.2, 0.25) is 11.0 Å². The second-order valence-electron chi connectivity index (χ2n) is 6.76. The Kier molecular flexibility index (Phi) is 3.85. The normalized spacial score (nSPS) is 17.7. The lowest BCUT2D eigenvalue weighted by atomic mass is 10.2. The summed E-state index contributed by atoms with van der Waals surface area (Å²) in [6.07, 6.45) is 4.09. The lowest BCUT2D eigenvalue weighted by molar-refractivity contribution is 0.402. The number of piperazine rings is 1. The van der Waals surface area contributed by atoms with Gasteiger partial charge in [-0.15, -0.1) is 10.2 Å². The van der Waals surface area contributed by atoms with E-state index in [1.165, 1.54) is 29.9 Å². The summed E-state index contributed by atoms with van der Waals surface area (Å²) in [5.41, 5.74) is 2.09. The van der Waals surface area contributed by atoms with Crippen molar-refractivity contribution in [1.29, 1.82) is 0 Å². The number of ether oxygens (including phenoxy) is 1. The Balaban J connectivity index is 1.32. The van der Waals surface area contributed by atoms with E-state index >= 15 is 0 Å². The number of nitrogens with zero attached hydrogens (tertiary/aromatic N) is 6. The molecule has 1 saturated carbocycles. The Morgan fingerprint density at radius 2 is 1.85 bits per heavy atom. The van der Waals surface area contributed by atoms with E-state index in [2.05, 4.69) is 42.1 Å². The van der Waals surface area contributed by atoms with Crippen LogP contribution in [0.5, 0.6) is 5.88 Å². The molecule has 2 fully saturated rings. The van der Waals surface area contributed by atoms with Crippen LogP contribution in [0.25, 0.3) is 10.9 Å². The second-order valence-corrected chi connectivity index (χ2v) is 7.74. The second kappa shape index (κ2) is 6.35. The highest BCUT2D eigenvalue weighted by Crippen LogP contribution is 2.42. The molecule has 0 unspecified atom stereocenters. The summed E-state index contributed by atoms with van der Waals surface area (Å²) in [5, 5.41) is 12.0. The van der Waals surface area contributed by atoms with Gasteiger partial charge in [0, 0.05) is 37.8 Å². The first-order valence-corrected chi connectivity index (χ1v) is 9.75. The van der Waals surface area contributed by atoms with E-state index < -0.39 is 0 Å². The zero-order chi connectivity index (χ0) is 17.5. The Labute approximate surface area is 155 Å².